The van der Waals surface area contributed by atoms with Gasteiger partial charge < -0.3 is 20.1 Å². The van der Waals surface area contributed by atoms with Gasteiger partial charge in [0.1, 0.15) is 5.41 Å². The molecule has 0 aromatic rings. The fourth-order valence-corrected chi connectivity index (χ4v) is 6.93. The number of carbonyl (C=O) groups excluding carboxylic acids is 1. The van der Waals surface area contributed by atoms with Crippen LogP contribution in [-0.2, 0) is 19.1 Å². The lowest BCUT2D eigenvalue weighted by Gasteiger charge is -2.56. The van der Waals surface area contributed by atoms with Crippen LogP contribution in [0.15, 0.2) is 23.3 Å². The highest BCUT2D eigenvalue weighted by Crippen LogP contribution is 2.67. The maximum atomic E-state index is 14.3. The predicted molar refractivity (Wildman–Crippen MR) is 124 cm³/mol. The normalized spacial score (nSPS) is 33.3. The number of esters is 1. The van der Waals surface area contributed by atoms with E-state index in [1.807, 2.05) is 0 Å². The second-order valence-electron chi connectivity index (χ2n) is 9.82. The lowest BCUT2D eigenvalue weighted by Crippen LogP contribution is -2.77. The number of hydrogen-bond acceptors (Lipinski definition) is 6. The summed E-state index contributed by atoms with van der Waals surface area (Å²) in [5, 5.41) is 32.3. The van der Waals surface area contributed by atoms with Gasteiger partial charge in [-0.3, -0.25) is 19.4 Å². The zero-order valence-electron chi connectivity index (χ0n) is 20.1. The van der Waals surface area contributed by atoms with Gasteiger partial charge in [0.05, 0.1) is 6.61 Å². The Balaban J connectivity index is 2.21. The van der Waals surface area contributed by atoms with Crippen molar-refractivity contribution < 1.29 is 39.2 Å². The summed E-state index contributed by atoms with van der Waals surface area (Å²) in [6.45, 7) is 1.32. The van der Waals surface area contributed by atoms with Gasteiger partial charge in [0.15, 0.2) is 5.41 Å². The number of carboxylic acid groups (broad SMARTS) is 3. The van der Waals surface area contributed by atoms with Crippen LogP contribution in [0.2, 0.25) is 0 Å². The van der Waals surface area contributed by atoms with E-state index < -0.39 is 47.0 Å². The number of rotatable bonds is 7. The lowest BCUT2D eigenvalue weighted by molar-refractivity contribution is -0.200. The van der Waals surface area contributed by atoms with Crippen LogP contribution in [0, 0.1) is 10.8 Å². The smallest absolute Gasteiger partial charge is 0.409 e. The average molecular weight is 491 g/mol. The van der Waals surface area contributed by atoms with Crippen LogP contribution in [0.5, 0.6) is 0 Å². The first kappa shape index (κ1) is 25.2. The Bertz CT molecular complexity index is 986. The lowest BCUT2D eigenvalue weighted by atomic mass is 9.50. The van der Waals surface area contributed by atoms with E-state index in [-0.39, 0.29) is 19.7 Å². The number of ether oxygens (including phenoxy) is 1. The molecule has 0 saturated carbocycles. The molecule has 10 heteroatoms. The van der Waals surface area contributed by atoms with E-state index in [1.54, 1.807) is 19.1 Å². The topological polar surface area (TPSA) is 145 Å². The first-order chi connectivity index (χ1) is 16.7. The second kappa shape index (κ2) is 9.29. The summed E-state index contributed by atoms with van der Waals surface area (Å²) in [6, 6.07) is 0. The van der Waals surface area contributed by atoms with Crippen molar-refractivity contribution in [3.8, 4) is 0 Å². The van der Waals surface area contributed by atoms with Gasteiger partial charge in [-0.05, 0) is 64.7 Å². The summed E-state index contributed by atoms with van der Waals surface area (Å²) in [6.07, 6.45) is 7.36. The van der Waals surface area contributed by atoms with Crippen molar-refractivity contribution in [2.45, 2.75) is 70.4 Å². The van der Waals surface area contributed by atoms with Gasteiger partial charge in [0, 0.05) is 19.6 Å². The van der Waals surface area contributed by atoms with Crippen LogP contribution >= 0.6 is 0 Å². The van der Waals surface area contributed by atoms with Crippen molar-refractivity contribution in [3.63, 3.8) is 0 Å². The van der Waals surface area contributed by atoms with Crippen molar-refractivity contribution in [2.24, 2.45) is 10.8 Å². The Morgan fingerprint density at radius 3 is 1.89 bits per heavy atom. The predicted octanol–water partition coefficient (Wildman–Crippen LogP) is 3.09. The van der Waals surface area contributed by atoms with Crippen LogP contribution in [0.3, 0.4) is 0 Å². The Morgan fingerprint density at radius 1 is 0.886 bits per heavy atom. The third-order valence-corrected chi connectivity index (χ3v) is 8.35. The fourth-order valence-electron chi connectivity index (χ4n) is 6.93. The zero-order valence-corrected chi connectivity index (χ0v) is 20.1. The highest BCUT2D eigenvalue weighted by Gasteiger charge is 2.86. The molecule has 0 aromatic heterocycles. The molecule has 2 saturated heterocycles. The zero-order chi connectivity index (χ0) is 25.4. The van der Waals surface area contributed by atoms with Crippen molar-refractivity contribution in [1.29, 1.82) is 0 Å². The molecular weight excluding hydrogens is 456 g/mol. The van der Waals surface area contributed by atoms with E-state index in [9.17, 15) is 34.5 Å². The summed E-state index contributed by atoms with van der Waals surface area (Å²) in [7, 11) is 0. The number of allylic oxidation sites excluding steroid dienone is 2. The molecule has 3 N–H and O–H groups in total. The minimum absolute atomic E-state index is 0.0919. The van der Waals surface area contributed by atoms with E-state index in [1.165, 1.54) is 4.90 Å². The molecule has 1 amide bonds. The summed E-state index contributed by atoms with van der Waals surface area (Å²) >= 11 is 0. The molecule has 3 unspecified atom stereocenters. The van der Waals surface area contributed by atoms with Crippen LogP contribution in [0.25, 0.3) is 0 Å². The molecule has 3 atom stereocenters. The van der Waals surface area contributed by atoms with Gasteiger partial charge in [-0.1, -0.05) is 23.3 Å². The van der Waals surface area contributed by atoms with E-state index in [0.717, 1.165) is 12.8 Å². The maximum Gasteiger partial charge on any atom is 0.409 e. The molecular formula is C25H34N2O8. The number of carbonyl (C=O) groups is 4. The summed E-state index contributed by atoms with van der Waals surface area (Å²) in [5.74, 6) is -3.90. The summed E-state index contributed by atoms with van der Waals surface area (Å²) in [5.41, 5.74) is -6.02. The number of amides is 1. The summed E-state index contributed by atoms with van der Waals surface area (Å²) in [4.78, 5) is 56.2. The van der Waals surface area contributed by atoms with Gasteiger partial charge in [-0.2, -0.15) is 0 Å². The number of likely N-dealkylation sites (tertiary alicyclic amines) is 2. The molecule has 4 rings (SSSR count). The van der Waals surface area contributed by atoms with Crippen molar-refractivity contribution in [3.05, 3.63) is 23.3 Å². The Kier molecular flexibility index (Phi) is 6.70. The van der Waals surface area contributed by atoms with Gasteiger partial charge in [-0.25, -0.2) is 9.59 Å². The van der Waals surface area contributed by atoms with E-state index in [4.69, 9.17) is 4.74 Å². The molecule has 2 fully saturated rings. The van der Waals surface area contributed by atoms with E-state index in [2.05, 4.69) is 0 Å². The molecule has 2 heterocycles. The van der Waals surface area contributed by atoms with E-state index >= 15 is 0 Å². The highest BCUT2D eigenvalue weighted by atomic mass is 16.5. The van der Waals surface area contributed by atoms with Gasteiger partial charge in [0.25, 0.3) is 0 Å². The first-order valence-electron chi connectivity index (χ1n) is 12.5. The van der Waals surface area contributed by atoms with Crippen LogP contribution < -0.4 is 0 Å². The number of aliphatic carboxylic acids is 2. The fraction of sp³-hybridized carbons (Fsp3) is 0.680. The molecule has 35 heavy (non-hydrogen) atoms. The standard InChI is InChI=1S/C25H34N2O8/c1-2-35-21(32)24(18-12-7-4-8-13-18)23(19(28)29,17-10-5-3-6-11-17)16-27(22(33)34)25(24,20(30)31)26-14-9-15-26/h10,12H,2-9,11,13-16H2,1H3,(H,28,29)(H,30,31)(H,33,34). The Morgan fingerprint density at radius 2 is 1.49 bits per heavy atom. The van der Waals surface area contributed by atoms with Gasteiger partial charge >= 0.3 is 24.0 Å². The number of carboxylic acids is 2. The molecule has 2 aliphatic carbocycles. The van der Waals surface area contributed by atoms with Crippen molar-refractivity contribution in [2.75, 3.05) is 26.2 Å². The number of hydrogen-bond donors (Lipinski definition) is 3. The quantitative estimate of drug-likeness (QED) is 0.362. The Hall–Kier alpha value is -2.88. The molecule has 0 spiro atoms. The van der Waals surface area contributed by atoms with Crippen molar-refractivity contribution >= 4 is 24.0 Å². The first-order valence-corrected chi connectivity index (χ1v) is 12.5. The highest BCUT2D eigenvalue weighted by molar-refractivity contribution is 6.03. The van der Waals surface area contributed by atoms with Crippen molar-refractivity contribution in [1.82, 2.24) is 9.80 Å². The largest absolute Gasteiger partial charge is 0.480 e. The summed E-state index contributed by atoms with van der Waals surface area (Å²) < 4.78 is 5.55. The third-order valence-electron chi connectivity index (χ3n) is 8.35. The molecule has 0 radical (unpaired) electrons. The van der Waals surface area contributed by atoms with Crippen LogP contribution in [0.4, 0.5) is 4.79 Å². The monoisotopic (exact) mass is 490 g/mol. The second-order valence-corrected chi connectivity index (χ2v) is 9.82. The maximum absolute atomic E-state index is 14.3. The minimum atomic E-state index is -2.44. The van der Waals surface area contributed by atoms with E-state index in [0.29, 0.717) is 61.0 Å². The molecule has 0 aromatic carbocycles. The van der Waals surface area contributed by atoms with Gasteiger partial charge in [0.2, 0.25) is 5.66 Å². The molecule has 0 bridgehead atoms. The molecule has 192 valence electrons. The average Bonchev–Trinajstić information content (AvgIpc) is 3.10. The molecule has 10 nitrogen and oxygen atoms in total. The van der Waals surface area contributed by atoms with Crippen LogP contribution in [-0.4, -0.2) is 81.0 Å². The molecule has 4 aliphatic rings. The SMILES string of the molecule is CCOC(=O)C1(C2=CCCCC2)C(C(=O)O)(C2=CCCCC2)CN(C(=O)O)C1(C(=O)O)N1CCC1. The van der Waals surface area contributed by atoms with Gasteiger partial charge in [-0.15, -0.1) is 0 Å². The molecule has 2 aliphatic heterocycles. The Labute approximate surface area is 204 Å². The minimum Gasteiger partial charge on any atom is -0.480 e. The van der Waals surface area contributed by atoms with Crippen LogP contribution in [0.1, 0.15) is 64.7 Å². The number of nitrogens with zero attached hydrogens (tertiary/aromatic N) is 2. The third kappa shape index (κ3) is 3.18.